The number of aryl methyl sites for hydroxylation is 2. The van der Waals surface area contributed by atoms with Gasteiger partial charge in [-0.2, -0.15) is 13.2 Å². The van der Waals surface area contributed by atoms with E-state index in [4.69, 9.17) is 0 Å². The van der Waals surface area contributed by atoms with Crippen molar-refractivity contribution in [2.75, 3.05) is 0 Å². The van der Waals surface area contributed by atoms with Gasteiger partial charge in [0.05, 0.1) is 0 Å². The Balaban J connectivity index is 2.78. The molecule has 5 heteroatoms. The van der Waals surface area contributed by atoms with Crippen molar-refractivity contribution in [2.24, 2.45) is 0 Å². The molecule has 0 saturated heterocycles. The minimum absolute atomic E-state index is 0.122. The molecule has 0 aliphatic rings. The van der Waals surface area contributed by atoms with Gasteiger partial charge in [-0.25, -0.2) is 0 Å². The summed E-state index contributed by atoms with van der Waals surface area (Å²) in [6.07, 6.45) is 1.77. The lowest BCUT2D eigenvalue weighted by atomic mass is 10.0. The third-order valence-electron chi connectivity index (χ3n) is 2.08. The highest BCUT2D eigenvalue weighted by molar-refractivity contribution is 8.00. The van der Waals surface area contributed by atoms with Crippen molar-refractivity contribution < 1.29 is 18.0 Å². The molecule has 1 rings (SSSR count). The number of hydrogen-bond acceptors (Lipinski definition) is 2. The number of carbonyl (C=O) groups is 1. The van der Waals surface area contributed by atoms with Gasteiger partial charge in [0.2, 0.25) is 0 Å². The summed E-state index contributed by atoms with van der Waals surface area (Å²) in [7, 11) is 0. The van der Waals surface area contributed by atoms with Crippen LogP contribution < -0.4 is 0 Å². The van der Waals surface area contributed by atoms with Crippen LogP contribution in [0.15, 0.2) is 23.1 Å². The largest absolute Gasteiger partial charge is 0.446 e. The van der Waals surface area contributed by atoms with E-state index in [-0.39, 0.29) is 16.7 Å². The van der Waals surface area contributed by atoms with E-state index < -0.39 is 5.51 Å². The predicted octanol–water partition coefficient (Wildman–Crippen LogP) is 3.74. The first kappa shape index (κ1) is 13.1. The fourth-order valence-electron chi connectivity index (χ4n) is 1.36. The standard InChI is InChI=1S/C11H11F3OS/c1-8-7-10(16-11(12,13)14)5-4-9(8)3-2-6-15/h4-7H,2-3H2,1H3. The van der Waals surface area contributed by atoms with E-state index in [9.17, 15) is 18.0 Å². The normalized spacial score (nSPS) is 11.5. The minimum Gasteiger partial charge on any atom is -0.303 e. The number of rotatable bonds is 4. The summed E-state index contributed by atoms with van der Waals surface area (Å²) in [5.41, 5.74) is -2.55. The second-order valence-electron chi connectivity index (χ2n) is 3.34. The number of halogens is 3. The average Bonchev–Trinajstić information content (AvgIpc) is 2.14. The van der Waals surface area contributed by atoms with E-state index in [0.29, 0.717) is 12.8 Å². The van der Waals surface area contributed by atoms with Crippen LogP contribution in [-0.2, 0) is 11.2 Å². The van der Waals surface area contributed by atoms with Gasteiger partial charge < -0.3 is 4.79 Å². The molecule has 1 aromatic carbocycles. The monoisotopic (exact) mass is 248 g/mol. The van der Waals surface area contributed by atoms with Crippen molar-refractivity contribution in [3.05, 3.63) is 29.3 Å². The van der Waals surface area contributed by atoms with E-state index in [1.165, 1.54) is 12.1 Å². The first-order valence-electron chi connectivity index (χ1n) is 4.71. The van der Waals surface area contributed by atoms with Crippen LogP contribution in [0.5, 0.6) is 0 Å². The second kappa shape index (κ2) is 5.39. The lowest BCUT2D eigenvalue weighted by Crippen LogP contribution is -1.99. The van der Waals surface area contributed by atoms with Crippen LogP contribution in [0, 0.1) is 6.92 Å². The quantitative estimate of drug-likeness (QED) is 0.596. The average molecular weight is 248 g/mol. The first-order valence-corrected chi connectivity index (χ1v) is 5.53. The highest BCUT2D eigenvalue weighted by atomic mass is 32.2. The van der Waals surface area contributed by atoms with Crippen LogP contribution in [0.4, 0.5) is 13.2 Å². The Morgan fingerprint density at radius 1 is 1.38 bits per heavy atom. The Bertz CT molecular complexity index is 374. The molecular formula is C11H11F3OS. The van der Waals surface area contributed by atoms with Crippen molar-refractivity contribution in [2.45, 2.75) is 30.2 Å². The van der Waals surface area contributed by atoms with Gasteiger partial charge in [-0.15, -0.1) is 0 Å². The van der Waals surface area contributed by atoms with Crippen LogP contribution >= 0.6 is 11.8 Å². The summed E-state index contributed by atoms with van der Waals surface area (Å²) in [5, 5.41) is 0. The lowest BCUT2D eigenvalue weighted by molar-refractivity contribution is -0.107. The Labute approximate surface area is 96.0 Å². The van der Waals surface area contributed by atoms with Gasteiger partial charge in [-0.1, -0.05) is 6.07 Å². The maximum Gasteiger partial charge on any atom is 0.446 e. The molecule has 0 unspecified atom stereocenters. The van der Waals surface area contributed by atoms with Crippen LogP contribution in [0.1, 0.15) is 17.5 Å². The number of thioether (sulfide) groups is 1. The maximum atomic E-state index is 12.1. The van der Waals surface area contributed by atoms with Gasteiger partial charge >= 0.3 is 5.51 Å². The van der Waals surface area contributed by atoms with Gasteiger partial charge in [0.15, 0.2) is 0 Å². The van der Waals surface area contributed by atoms with Crippen molar-refractivity contribution >= 4 is 18.0 Å². The zero-order chi connectivity index (χ0) is 12.2. The second-order valence-corrected chi connectivity index (χ2v) is 4.48. The van der Waals surface area contributed by atoms with E-state index >= 15 is 0 Å². The molecule has 0 bridgehead atoms. The maximum absolute atomic E-state index is 12.1. The molecule has 0 fully saturated rings. The summed E-state index contributed by atoms with van der Waals surface area (Å²) >= 11 is -0.122. The number of carbonyl (C=O) groups excluding carboxylic acids is 1. The molecule has 0 heterocycles. The molecule has 0 N–H and O–H groups in total. The van der Waals surface area contributed by atoms with Gasteiger partial charge in [-0.05, 0) is 48.4 Å². The molecule has 1 aromatic rings. The molecular weight excluding hydrogens is 237 g/mol. The molecule has 0 aliphatic carbocycles. The van der Waals surface area contributed by atoms with Gasteiger partial charge in [0.25, 0.3) is 0 Å². The van der Waals surface area contributed by atoms with Gasteiger partial charge in [0, 0.05) is 11.3 Å². The first-order chi connectivity index (χ1) is 7.42. The van der Waals surface area contributed by atoms with Crippen molar-refractivity contribution in [1.29, 1.82) is 0 Å². The van der Waals surface area contributed by atoms with E-state index in [1.54, 1.807) is 13.0 Å². The van der Waals surface area contributed by atoms with Gasteiger partial charge in [-0.3, -0.25) is 0 Å². The Morgan fingerprint density at radius 2 is 2.06 bits per heavy atom. The van der Waals surface area contributed by atoms with Crippen molar-refractivity contribution in [3.8, 4) is 0 Å². The third kappa shape index (κ3) is 4.26. The summed E-state index contributed by atoms with van der Waals surface area (Å²) < 4.78 is 36.3. The molecule has 0 atom stereocenters. The van der Waals surface area contributed by atoms with Crippen molar-refractivity contribution in [3.63, 3.8) is 0 Å². The topological polar surface area (TPSA) is 17.1 Å². The number of alkyl halides is 3. The number of aldehydes is 1. The fourth-order valence-corrected chi connectivity index (χ4v) is 2.00. The summed E-state index contributed by atoms with van der Waals surface area (Å²) in [5.74, 6) is 0. The fraction of sp³-hybridized carbons (Fsp3) is 0.364. The Morgan fingerprint density at radius 3 is 2.56 bits per heavy atom. The third-order valence-corrected chi connectivity index (χ3v) is 2.80. The highest BCUT2D eigenvalue weighted by Gasteiger charge is 2.29. The van der Waals surface area contributed by atoms with E-state index in [1.807, 2.05) is 0 Å². The van der Waals surface area contributed by atoms with Crippen molar-refractivity contribution in [1.82, 2.24) is 0 Å². The molecule has 0 aromatic heterocycles. The number of hydrogen-bond donors (Lipinski definition) is 0. The van der Waals surface area contributed by atoms with E-state index in [2.05, 4.69) is 0 Å². The summed E-state index contributed by atoms with van der Waals surface area (Å²) in [6, 6.07) is 4.58. The Hall–Kier alpha value is -0.970. The van der Waals surface area contributed by atoms with Gasteiger partial charge in [0.1, 0.15) is 6.29 Å². The molecule has 0 spiro atoms. The van der Waals surface area contributed by atoms with Crippen LogP contribution in [0.3, 0.4) is 0 Å². The Kier molecular flexibility index (Phi) is 4.41. The smallest absolute Gasteiger partial charge is 0.303 e. The zero-order valence-corrected chi connectivity index (χ0v) is 9.49. The van der Waals surface area contributed by atoms with Crippen LogP contribution in [0.25, 0.3) is 0 Å². The zero-order valence-electron chi connectivity index (χ0n) is 8.67. The molecule has 88 valence electrons. The SMILES string of the molecule is Cc1cc(SC(F)(F)F)ccc1CCC=O. The molecule has 16 heavy (non-hydrogen) atoms. The predicted molar refractivity (Wildman–Crippen MR) is 57.5 cm³/mol. The molecule has 1 nitrogen and oxygen atoms in total. The molecule has 0 radical (unpaired) electrons. The summed E-state index contributed by atoms with van der Waals surface area (Å²) in [6.45, 7) is 1.75. The molecule has 0 amide bonds. The van der Waals surface area contributed by atoms with Crippen LogP contribution in [-0.4, -0.2) is 11.8 Å². The van der Waals surface area contributed by atoms with Crippen LogP contribution in [0.2, 0.25) is 0 Å². The molecule has 0 saturated carbocycles. The summed E-state index contributed by atoms with van der Waals surface area (Å²) in [4.78, 5) is 10.4. The van der Waals surface area contributed by atoms with E-state index in [0.717, 1.165) is 17.4 Å². The minimum atomic E-state index is -4.25. The highest BCUT2D eigenvalue weighted by Crippen LogP contribution is 2.37. The molecule has 0 aliphatic heterocycles. The number of benzene rings is 1. The lowest BCUT2D eigenvalue weighted by Gasteiger charge is -2.09.